The lowest BCUT2D eigenvalue weighted by Crippen LogP contribution is -2.30. The van der Waals surface area contributed by atoms with Gasteiger partial charge in [-0.2, -0.15) is 5.26 Å². The van der Waals surface area contributed by atoms with Gasteiger partial charge in [-0.1, -0.05) is 36.6 Å². The van der Waals surface area contributed by atoms with E-state index in [2.05, 4.69) is 11.4 Å². The number of nitriles is 1. The lowest BCUT2D eigenvalue weighted by molar-refractivity contribution is 0.477. The molecule has 1 unspecified atom stereocenters. The molecule has 0 aromatic heterocycles. The summed E-state index contributed by atoms with van der Waals surface area (Å²) in [6, 6.07) is 6.57. The molecule has 1 aromatic rings. The number of benzene rings is 1. The lowest BCUT2D eigenvalue weighted by Gasteiger charge is -2.18. The highest BCUT2D eigenvalue weighted by Crippen LogP contribution is 2.26. The van der Waals surface area contributed by atoms with E-state index in [0.29, 0.717) is 11.6 Å². The maximum atomic E-state index is 13.8. The molecular formula is C13H14ClFN2. The van der Waals surface area contributed by atoms with Crippen LogP contribution >= 0.6 is 11.6 Å². The molecule has 0 amide bonds. The zero-order chi connectivity index (χ0) is 12.3. The zero-order valence-electron chi connectivity index (χ0n) is 9.42. The third-order valence-electron chi connectivity index (χ3n) is 3.18. The van der Waals surface area contributed by atoms with Crippen LogP contribution in [-0.4, -0.2) is 6.04 Å². The molecule has 0 radical (unpaired) electrons. The van der Waals surface area contributed by atoms with E-state index >= 15 is 0 Å². The topological polar surface area (TPSA) is 35.8 Å². The van der Waals surface area contributed by atoms with Gasteiger partial charge in [0.1, 0.15) is 11.9 Å². The van der Waals surface area contributed by atoms with E-state index in [0.717, 1.165) is 12.8 Å². The molecule has 0 bridgehead atoms. The van der Waals surface area contributed by atoms with E-state index in [1.807, 2.05) is 0 Å². The molecule has 1 saturated carbocycles. The summed E-state index contributed by atoms with van der Waals surface area (Å²) in [6.07, 6.45) is 4.46. The van der Waals surface area contributed by atoms with Crippen molar-refractivity contribution in [3.05, 3.63) is 34.6 Å². The highest BCUT2D eigenvalue weighted by Gasteiger charge is 2.22. The Bertz CT molecular complexity index is 436. The Morgan fingerprint density at radius 1 is 1.41 bits per heavy atom. The number of rotatable bonds is 3. The largest absolute Gasteiger partial charge is 0.295 e. The van der Waals surface area contributed by atoms with Crippen LogP contribution < -0.4 is 5.32 Å². The fourth-order valence-electron chi connectivity index (χ4n) is 2.27. The van der Waals surface area contributed by atoms with Crippen molar-refractivity contribution in [2.45, 2.75) is 37.8 Å². The molecule has 2 nitrogen and oxygen atoms in total. The molecule has 1 aliphatic rings. The Morgan fingerprint density at radius 2 is 2.12 bits per heavy atom. The molecule has 90 valence electrons. The summed E-state index contributed by atoms with van der Waals surface area (Å²) in [6.45, 7) is 0. The van der Waals surface area contributed by atoms with Crippen LogP contribution in [0, 0.1) is 17.1 Å². The maximum Gasteiger partial charge on any atom is 0.147 e. The van der Waals surface area contributed by atoms with Crippen molar-refractivity contribution in [2.75, 3.05) is 0 Å². The molecule has 1 N–H and O–H groups in total. The van der Waals surface area contributed by atoms with Crippen molar-refractivity contribution in [2.24, 2.45) is 0 Å². The second kappa shape index (κ2) is 5.48. The summed E-state index contributed by atoms with van der Waals surface area (Å²) in [5.41, 5.74) is 0.340. The van der Waals surface area contributed by atoms with Gasteiger partial charge in [0.05, 0.1) is 11.1 Å². The number of halogens is 2. The molecule has 0 spiro atoms. The third kappa shape index (κ3) is 2.77. The summed E-state index contributed by atoms with van der Waals surface area (Å²) < 4.78 is 13.8. The molecular weight excluding hydrogens is 239 g/mol. The summed E-state index contributed by atoms with van der Waals surface area (Å²) in [5.74, 6) is -0.494. The van der Waals surface area contributed by atoms with Crippen LogP contribution in [0.5, 0.6) is 0 Å². The normalized spacial score (nSPS) is 17.9. The Kier molecular flexibility index (Phi) is 3.98. The summed E-state index contributed by atoms with van der Waals surface area (Å²) >= 11 is 5.72. The average Bonchev–Trinajstić information content (AvgIpc) is 2.83. The quantitative estimate of drug-likeness (QED) is 0.893. The standard InChI is InChI=1S/C13H14ClFN2/c14-11-7-3-6-10(13(11)15)12(8-16)17-9-4-1-2-5-9/h3,6-7,9,12,17H,1-2,4-5H2. The van der Waals surface area contributed by atoms with E-state index in [4.69, 9.17) is 16.9 Å². The Labute approximate surface area is 105 Å². The fourth-order valence-corrected chi connectivity index (χ4v) is 2.45. The van der Waals surface area contributed by atoms with E-state index in [1.54, 1.807) is 12.1 Å². The van der Waals surface area contributed by atoms with Crippen LogP contribution in [0.2, 0.25) is 5.02 Å². The van der Waals surface area contributed by atoms with Gasteiger partial charge in [-0.25, -0.2) is 4.39 Å². The first-order valence-electron chi connectivity index (χ1n) is 5.82. The summed E-state index contributed by atoms with van der Waals surface area (Å²) in [4.78, 5) is 0. The molecule has 0 heterocycles. The van der Waals surface area contributed by atoms with Crippen LogP contribution in [0.25, 0.3) is 0 Å². The predicted octanol–water partition coefficient (Wildman–Crippen LogP) is 3.58. The van der Waals surface area contributed by atoms with Gasteiger partial charge < -0.3 is 0 Å². The maximum absolute atomic E-state index is 13.8. The van der Waals surface area contributed by atoms with E-state index in [-0.39, 0.29) is 5.02 Å². The molecule has 4 heteroatoms. The van der Waals surface area contributed by atoms with Crippen molar-refractivity contribution >= 4 is 11.6 Å². The smallest absolute Gasteiger partial charge is 0.147 e. The molecule has 0 saturated heterocycles. The molecule has 17 heavy (non-hydrogen) atoms. The van der Waals surface area contributed by atoms with Crippen LogP contribution in [0.3, 0.4) is 0 Å². The minimum atomic E-state index is -0.614. The van der Waals surface area contributed by atoms with Gasteiger partial charge in [0.15, 0.2) is 0 Å². The van der Waals surface area contributed by atoms with E-state index < -0.39 is 11.9 Å². The van der Waals surface area contributed by atoms with Crippen molar-refractivity contribution in [1.29, 1.82) is 5.26 Å². The molecule has 1 aromatic carbocycles. The highest BCUT2D eigenvalue weighted by molar-refractivity contribution is 6.30. The number of hydrogen-bond acceptors (Lipinski definition) is 2. The van der Waals surface area contributed by atoms with Crippen LogP contribution in [0.1, 0.15) is 37.3 Å². The molecule has 1 atom stereocenters. The second-order valence-electron chi connectivity index (χ2n) is 4.35. The first-order valence-corrected chi connectivity index (χ1v) is 6.19. The molecule has 0 aliphatic heterocycles. The van der Waals surface area contributed by atoms with Gasteiger partial charge in [-0.15, -0.1) is 0 Å². The summed E-state index contributed by atoms with van der Waals surface area (Å²) in [5, 5.41) is 12.4. The predicted molar refractivity (Wildman–Crippen MR) is 65.2 cm³/mol. The van der Waals surface area contributed by atoms with E-state index in [1.165, 1.54) is 18.9 Å². The van der Waals surface area contributed by atoms with Gasteiger partial charge >= 0.3 is 0 Å². The zero-order valence-corrected chi connectivity index (χ0v) is 10.2. The first kappa shape index (κ1) is 12.3. The summed E-state index contributed by atoms with van der Waals surface area (Å²) in [7, 11) is 0. The van der Waals surface area contributed by atoms with E-state index in [9.17, 15) is 4.39 Å². The Hall–Kier alpha value is -1.11. The molecule has 2 rings (SSSR count). The minimum absolute atomic E-state index is 0.0657. The Balaban J connectivity index is 2.17. The van der Waals surface area contributed by atoms with Crippen LogP contribution in [-0.2, 0) is 0 Å². The van der Waals surface area contributed by atoms with Gasteiger partial charge in [-0.05, 0) is 18.9 Å². The van der Waals surface area contributed by atoms with Crippen molar-refractivity contribution in [3.63, 3.8) is 0 Å². The highest BCUT2D eigenvalue weighted by atomic mass is 35.5. The lowest BCUT2D eigenvalue weighted by atomic mass is 10.1. The molecule has 1 fully saturated rings. The fraction of sp³-hybridized carbons (Fsp3) is 0.462. The SMILES string of the molecule is N#CC(NC1CCCC1)c1cccc(Cl)c1F. The third-order valence-corrected chi connectivity index (χ3v) is 3.47. The van der Waals surface area contributed by atoms with Gasteiger partial charge in [-0.3, -0.25) is 5.32 Å². The first-order chi connectivity index (χ1) is 8.22. The number of hydrogen-bond donors (Lipinski definition) is 1. The van der Waals surface area contributed by atoms with Gasteiger partial charge in [0.2, 0.25) is 0 Å². The number of nitrogens with zero attached hydrogens (tertiary/aromatic N) is 1. The average molecular weight is 253 g/mol. The second-order valence-corrected chi connectivity index (χ2v) is 4.76. The Morgan fingerprint density at radius 3 is 2.76 bits per heavy atom. The van der Waals surface area contributed by atoms with Gasteiger partial charge in [0, 0.05) is 11.6 Å². The minimum Gasteiger partial charge on any atom is -0.295 e. The van der Waals surface area contributed by atoms with Gasteiger partial charge in [0.25, 0.3) is 0 Å². The van der Waals surface area contributed by atoms with Crippen molar-refractivity contribution in [3.8, 4) is 6.07 Å². The monoisotopic (exact) mass is 252 g/mol. The molecule has 1 aliphatic carbocycles. The van der Waals surface area contributed by atoms with Crippen molar-refractivity contribution in [1.82, 2.24) is 5.32 Å². The van der Waals surface area contributed by atoms with Crippen molar-refractivity contribution < 1.29 is 4.39 Å². The van der Waals surface area contributed by atoms with Crippen LogP contribution in [0.4, 0.5) is 4.39 Å². The van der Waals surface area contributed by atoms with Crippen LogP contribution in [0.15, 0.2) is 18.2 Å². The number of nitrogens with one attached hydrogen (secondary N) is 1.